The van der Waals surface area contributed by atoms with Crippen LogP contribution in [0.4, 0.5) is 0 Å². The number of rotatable bonds is 7. The first-order valence-electron chi connectivity index (χ1n) is 7.53. The van der Waals surface area contributed by atoms with Crippen molar-refractivity contribution < 1.29 is 4.74 Å². The van der Waals surface area contributed by atoms with E-state index in [1.165, 1.54) is 57.8 Å². The molecule has 1 aliphatic rings. The third-order valence-corrected chi connectivity index (χ3v) is 5.39. The van der Waals surface area contributed by atoms with Crippen LogP contribution in [0.2, 0.25) is 0 Å². The van der Waals surface area contributed by atoms with Crippen LogP contribution < -0.4 is 0 Å². The predicted molar refractivity (Wildman–Crippen MR) is 83.9 cm³/mol. The Hall–Kier alpha value is 0.690. The van der Waals surface area contributed by atoms with E-state index < -0.39 is 0 Å². The van der Waals surface area contributed by atoms with Gasteiger partial charge in [-0.05, 0) is 25.2 Å². The molecular weight excluding hydrogens is 323 g/mol. The Kier molecular flexibility index (Phi) is 8.89. The van der Waals surface area contributed by atoms with E-state index in [1.54, 1.807) is 0 Å². The number of alkyl halides is 1. The molecule has 0 aromatic heterocycles. The summed E-state index contributed by atoms with van der Waals surface area (Å²) in [5.74, 6) is 0.793. The Morgan fingerprint density at radius 1 is 1.18 bits per heavy atom. The number of halogens is 1. The fourth-order valence-electron chi connectivity index (χ4n) is 2.57. The molecule has 0 saturated heterocycles. The lowest BCUT2D eigenvalue weighted by molar-refractivity contribution is 0.0234. The fourth-order valence-corrected chi connectivity index (χ4v) is 3.58. The van der Waals surface area contributed by atoms with Gasteiger partial charge in [0.2, 0.25) is 0 Å². The quantitative estimate of drug-likeness (QED) is 0.341. The molecule has 1 saturated carbocycles. The Labute approximate surface area is 121 Å². The van der Waals surface area contributed by atoms with Gasteiger partial charge in [-0.1, -0.05) is 75.0 Å². The van der Waals surface area contributed by atoms with Crippen LogP contribution in [0.5, 0.6) is 0 Å². The highest BCUT2D eigenvalue weighted by molar-refractivity contribution is 14.1. The van der Waals surface area contributed by atoms with Crippen LogP contribution in [-0.4, -0.2) is 16.6 Å². The van der Waals surface area contributed by atoms with E-state index in [0.717, 1.165) is 16.4 Å². The molecule has 17 heavy (non-hydrogen) atoms. The Bertz CT molecular complexity index is 184. The average molecular weight is 352 g/mol. The van der Waals surface area contributed by atoms with Crippen molar-refractivity contribution >= 4 is 22.6 Å². The molecule has 2 heteroatoms. The normalized spacial score (nSPS) is 27.7. The van der Waals surface area contributed by atoms with Gasteiger partial charge in [0.15, 0.2) is 0 Å². The largest absolute Gasteiger partial charge is 0.377 e. The van der Waals surface area contributed by atoms with Crippen LogP contribution in [0.15, 0.2) is 0 Å². The summed E-state index contributed by atoms with van der Waals surface area (Å²) in [6.45, 7) is 5.58. The van der Waals surface area contributed by atoms with Crippen LogP contribution in [0.3, 0.4) is 0 Å². The van der Waals surface area contributed by atoms with Gasteiger partial charge in [-0.2, -0.15) is 0 Å². The van der Waals surface area contributed by atoms with Gasteiger partial charge in [0.25, 0.3) is 0 Å². The Morgan fingerprint density at radius 2 is 1.94 bits per heavy atom. The number of hydrogen-bond donors (Lipinski definition) is 0. The van der Waals surface area contributed by atoms with Gasteiger partial charge >= 0.3 is 0 Å². The summed E-state index contributed by atoms with van der Waals surface area (Å²) in [4.78, 5) is 0. The van der Waals surface area contributed by atoms with E-state index in [2.05, 4.69) is 36.4 Å². The summed E-state index contributed by atoms with van der Waals surface area (Å²) in [5, 5.41) is 0. The molecule has 3 unspecified atom stereocenters. The minimum atomic E-state index is 0.536. The maximum atomic E-state index is 6.22. The van der Waals surface area contributed by atoms with Crippen molar-refractivity contribution in [3.8, 4) is 0 Å². The maximum Gasteiger partial charge on any atom is 0.0692 e. The molecule has 0 bridgehead atoms. The topological polar surface area (TPSA) is 9.23 Å². The van der Waals surface area contributed by atoms with Crippen LogP contribution in [-0.2, 0) is 4.74 Å². The van der Waals surface area contributed by atoms with E-state index in [1.807, 2.05) is 0 Å². The van der Waals surface area contributed by atoms with Crippen molar-refractivity contribution in [1.82, 2.24) is 0 Å². The van der Waals surface area contributed by atoms with Crippen molar-refractivity contribution in [3.05, 3.63) is 0 Å². The van der Waals surface area contributed by atoms with Gasteiger partial charge in [0, 0.05) is 10.5 Å². The van der Waals surface area contributed by atoms with Crippen LogP contribution in [0, 0.1) is 5.92 Å². The Morgan fingerprint density at radius 3 is 2.65 bits per heavy atom. The van der Waals surface area contributed by atoms with Crippen molar-refractivity contribution in [1.29, 1.82) is 0 Å². The SMILES string of the molecule is CCCCC(CC)COC1CCCCCC1I. The Balaban J connectivity index is 2.25. The van der Waals surface area contributed by atoms with Gasteiger partial charge in [-0.3, -0.25) is 0 Å². The zero-order valence-electron chi connectivity index (χ0n) is 11.6. The molecule has 0 aliphatic heterocycles. The average Bonchev–Trinajstić information content (AvgIpc) is 2.55. The first-order chi connectivity index (χ1) is 8.27. The van der Waals surface area contributed by atoms with E-state index in [-0.39, 0.29) is 0 Å². The molecule has 0 spiro atoms. The van der Waals surface area contributed by atoms with E-state index >= 15 is 0 Å². The first kappa shape index (κ1) is 15.7. The molecule has 0 radical (unpaired) electrons. The second kappa shape index (κ2) is 9.60. The van der Waals surface area contributed by atoms with Crippen LogP contribution in [0.25, 0.3) is 0 Å². The van der Waals surface area contributed by atoms with Gasteiger partial charge in [0.05, 0.1) is 6.10 Å². The molecule has 1 rings (SSSR count). The van der Waals surface area contributed by atoms with Crippen molar-refractivity contribution in [3.63, 3.8) is 0 Å². The maximum absolute atomic E-state index is 6.22. The molecule has 0 heterocycles. The summed E-state index contributed by atoms with van der Waals surface area (Å²) < 4.78 is 6.97. The highest BCUT2D eigenvalue weighted by Gasteiger charge is 2.22. The van der Waals surface area contributed by atoms with E-state index in [9.17, 15) is 0 Å². The fraction of sp³-hybridized carbons (Fsp3) is 1.00. The molecule has 1 aliphatic carbocycles. The smallest absolute Gasteiger partial charge is 0.0692 e. The second-order valence-corrected chi connectivity index (χ2v) is 7.04. The summed E-state index contributed by atoms with van der Waals surface area (Å²) in [5.41, 5.74) is 0. The third-order valence-electron chi connectivity index (χ3n) is 3.96. The van der Waals surface area contributed by atoms with Gasteiger partial charge in [0.1, 0.15) is 0 Å². The summed E-state index contributed by atoms with van der Waals surface area (Å²) >= 11 is 2.61. The van der Waals surface area contributed by atoms with Crippen molar-refractivity contribution in [2.75, 3.05) is 6.61 Å². The van der Waals surface area contributed by atoms with Crippen molar-refractivity contribution in [2.45, 2.75) is 81.7 Å². The van der Waals surface area contributed by atoms with Gasteiger partial charge in [-0.15, -0.1) is 0 Å². The molecule has 0 aromatic rings. The molecule has 102 valence electrons. The molecule has 1 fully saturated rings. The zero-order chi connectivity index (χ0) is 12.5. The van der Waals surface area contributed by atoms with E-state index in [0.29, 0.717) is 6.10 Å². The highest BCUT2D eigenvalue weighted by atomic mass is 127. The highest BCUT2D eigenvalue weighted by Crippen LogP contribution is 2.27. The molecule has 3 atom stereocenters. The third kappa shape index (κ3) is 6.42. The lowest BCUT2D eigenvalue weighted by Crippen LogP contribution is -2.25. The standard InChI is InChI=1S/C15H29IO/c1-3-5-9-13(4-2)12-17-15-11-8-6-7-10-14(15)16/h13-15H,3-12H2,1-2H3. The summed E-state index contributed by atoms with van der Waals surface area (Å²) in [6.07, 6.45) is 12.7. The summed E-state index contributed by atoms with van der Waals surface area (Å²) in [7, 11) is 0. The number of ether oxygens (including phenoxy) is 1. The minimum Gasteiger partial charge on any atom is -0.377 e. The minimum absolute atomic E-state index is 0.536. The monoisotopic (exact) mass is 352 g/mol. The van der Waals surface area contributed by atoms with Gasteiger partial charge in [-0.25, -0.2) is 0 Å². The van der Waals surface area contributed by atoms with Crippen LogP contribution >= 0.6 is 22.6 Å². The zero-order valence-corrected chi connectivity index (χ0v) is 13.7. The predicted octanol–water partition coefficient (Wildman–Crippen LogP) is 5.36. The summed E-state index contributed by atoms with van der Waals surface area (Å²) in [6, 6.07) is 0. The van der Waals surface area contributed by atoms with E-state index in [4.69, 9.17) is 4.74 Å². The number of unbranched alkanes of at least 4 members (excludes halogenated alkanes) is 1. The molecule has 0 amide bonds. The van der Waals surface area contributed by atoms with Crippen LogP contribution in [0.1, 0.15) is 71.6 Å². The molecule has 0 aromatic carbocycles. The number of hydrogen-bond acceptors (Lipinski definition) is 1. The second-order valence-electron chi connectivity index (χ2n) is 5.44. The van der Waals surface area contributed by atoms with Crippen molar-refractivity contribution in [2.24, 2.45) is 5.92 Å². The van der Waals surface area contributed by atoms with Gasteiger partial charge < -0.3 is 4.74 Å². The lowest BCUT2D eigenvalue weighted by Gasteiger charge is -2.24. The lowest BCUT2D eigenvalue weighted by atomic mass is 10.0. The molecular formula is C15H29IO. The first-order valence-corrected chi connectivity index (χ1v) is 8.78. The molecule has 0 N–H and O–H groups in total. The molecule has 1 nitrogen and oxygen atoms in total.